The average molecular weight is 393 g/mol. The number of hydrogen-bond donors (Lipinski definition) is 1. The summed E-state index contributed by atoms with van der Waals surface area (Å²) in [4.78, 5) is 12.3. The molecule has 0 fully saturated rings. The third-order valence-electron chi connectivity index (χ3n) is 4.16. The first-order valence-corrected chi connectivity index (χ1v) is 9.89. The van der Waals surface area contributed by atoms with E-state index in [1.165, 1.54) is 18.2 Å². The largest absolute Gasteiger partial charge is 0.457 e. The molecule has 0 spiro atoms. The van der Waals surface area contributed by atoms with E-state index >= 15 is 0 Å². The molecule has 0 saturated heterocycles. The molecule has 140 valence electrons. The molecule has 0 unspecified atom stereocenters. The Kier molecular flexibility index (Phi) is 4.46. The molecule has 2 aromatic heterocycles. The van der Waals surface area contributed by atoms with Gasteiger partial charge in [0.2, 0.25) is 15.8 Å². The molecule has 2 heterocycles. The van der Waals surface area contributed by atoms with Crippen LogP contribution in [0.2, 0.25) is 0 Å². The molecule has 28 heavy (non-hydrogen) atoms. The fraction of sp³-hybridized carbons (Fsp3) is 0. The van der Waals surface area contributed by atoms with Crippen LogP contribution in [0.15, 0.2) is 86.5 Å². The van der Waals surface area contributed by atoms with Crippen molar-refractivity contribution in [3.63, 3.8) is 0 Å². The lowest BCUT2D eigenvalue weighted by molar-refractivity contribution is 0.102. The van der Waals surface area contributed by atoms with Gasteiger partial charge in [0.25, 0.3) is 0 Å². The van der Waals surface area contributed by atoms with Gasteiger partial charge in [0, 0.05) is 10.9 Å². The Morgan fingerprint density at radius 2 is 1.68 bits per heavy atom. The number of carbonyl (C=O) groups is 1. The van der Waals surface area contributed by atoms with Crippen molar-refractivity contribution in [2.24, 2.45) is 5.14 Å². The maximum Gasteiger partial charge on any atom is 0.238 e. The van der Waals surface area contributed by atoms with Gasteiger partial charge in [-0.1, -0.05) is 18.2 Å². The van der Waals surface area contributed by atoms with Crippen molar-refractivity contribution < 1.29 is 22.0 Å². The van der Waals surface area contributed by atoms with Gasteiger partial charge in [-0.05, 0) is 60.7 Å². The van der Waals surface area contributed by atoms with E-state index in [0.717, 1.165) is 5.39 Å². The van der Waals surface area contributed by atoms with E-state index in [1.54, 1.807) is 42.5 Å². The number of allylic oxidation sites excluding steroid dienone is 1. The van der Waals surface area contributed by atoms with E-state index in [9.17, 15) is 13.2 Å². The Morgan fingerprint density at radius 3 is 2.39 bits per heavy atom. The smallest absolute Gasteiger partial charge is 0.238 e. The number of carbonyl (C=O) groups excluding carboxylic acids is 1. The Morgan fingerprint density at radius 1 is 0.929 bits per heavy atom. The Labute approximate surface area is 160 Å². The van der Waals surface area contributed by atoms with Crippen LogP contribution in [-0.4, -0.2) is 14.2 Å². The summed E-state index contributed by atoms with van der Waals surface area (Å²) in [7, 11) is -3.74. The molecule has 0 aliphatic heterocycles. The maximum atomic E-state index is 12.3. The third-order valence-corrected chi connectivity index (χ3v) is 5.09. The van der Waals surface area contributed by atoms with E-state index in [1.807, 2.05) is 18.2 Å². The Balaban J connectivity index is 1.52. The second kappa shape index (κ2) is 6.95. The highest BCUT2D eigenvalue weighted by Crippen LogP contribution is 2.24. The first-order valence-electron chi connectivity index (χ1n) is 8.34. The van der Waals surface area contributed by atoms with Crippen LogP contribution in [0, 0.1) is 0 Å². The van der Waals surface area contributed by atoms with Crippen LogP contribution in [-0.2, 0) is 10.0 Å². The third kappa shape index (κ3) is 3.66. The lowest BCUT2D eigenvalue weighted by atomic mass is 10.2. The number of hydrogen-bond acceptors (Lipinski definition) is 5. The highest BCUT2D eigenvalue weighted by molar-refractivity contribution is 7.89. The van der Waals surface area contributed by atoms with Crippen molar-refractivity contribution in [2.75, 3.05) is 0 Å². The summed E-state index contributed by atoms with van der Waals surface area (Å²) < 4.78 is 33.9. The molecule has 4 aromatic rings. The van der Waals surface area contributed by atoms with E-state index in [4.69, 9.17) is 14.0 Å². The monoisotopic (exact) mass is 393 g/mol. The SMILES string of the molecule is NS(=O)(=O)c1ccc(-c2ccc(/C=C/C(=O)c3cc4ccccc4o3)o2)cc1. The van der Waals surface area contributed by atoms with Gasteiger partial charge in [0.15, 0.2) is 5.76 Å². The predicted molar refractivity (Wildman–Crippen MR) is 105 cm³/mol. The maximum absolute atomic E-state index is 12.3. The Hall–Kier alpha value is -3.42. The zero-order valence-corrected chi connectivity index (χ0v) is 15.3. The van der Waals surface area contributed by atoms with Crippen LogP contribution in [0.4, 0.5) is 0 Å². The molecule has 0 amide bonds. The number of benzene rings is 2. The molecule has 0 aliphatic rings. The summed E-state index contributed by atoms with van der Waals surface area (Å²) in [5.41, 5.74) is 1.35. The van der Waals surface area contributed by atoms with E-state index in [2.05, 4.69) is 0 Å². The quantitative estimate of drug-likeness (QED) is 0.403. The normalized spacial score (nSPS) is 12.0. The van der Waals surface area contributed by atoms with Gasteiger partial charge < -0.3 is 8.83 Å². The van der Waals surface area contributed by atoms with Gasteiger partial charge in [-0.25, -0.2) is 13.6 Å². The van der Waals surface area contributed by atoms with Gasteiger partial charge in [-0.3, -0.25) is 4.79 Å². The summed E-state index contributed by atoms with van der Waals surface area (Å²) >= 11 is 0. The zero-order valence-electron chi connectivity index (χ0n) is 14.5. The van der Waals surface area contributed by atoms with E-state index in [0.29, 0.717) is 22.7 Å². The number of furan rings is 2. The van der Waals surface area contributed by atoms with Gasteiger partial charge in [-0.15, -0.1) is 0 Å². The number of fused-ring (bicyclic) bond motifs is 1. The van der Waals surface area contributed by atoms with Gasteiger partial charge >= 0.3 is 0 Å². The zero-order chi connectivity index (χ0) is 19.7. The number of nitrogens with two attached hydrogens (primary N) is 1. The lowest BCUT2D eigenvalue weighted by Crippen LogP contribution is -2.11. The number of primary sulfonamides is 1. The molecule has 6 nitrogen and oxygen atoms in total. The highest BCUT2D eigenvalue weighted by atomic mass is 32.2. The minimum absolute atomic E-state index is 0.0272. The minimum Gasteiger partial charge on any atom is -0.457 e. The number of rotatable bonds is 5. The standard InChI is InChI=1S/C21H15NO5S/c22-28(24,25)17-9-5-14(6-10-17)20-12-8-16(26-20)7-11-18(23)21-13-15-3-1-2-4-19(15)27-21/h1-13H,(H2,22,24,25)/b11-7+. The predicted octanol–water partition coefficient (Wildman–Crippen LogP) is 4.24. The highest BCUT2D eigenvalue weighted by Gasteiger charge is 2.11. The fourth-order valence-electron chi connectivity index (χ4n) is 2.75. The van der Waals surface area contributed by atoms with E-state index < -0.39 is 10.0 Å². The number of para-hydroxylation sites is 1. The van der Waals surface area contributed by atoms with Crippen molar-refractivity contribution in [2.45, 2.75) is 4.90 Å². The van der Waals surface area contributed by atoms with Crippen LogP contribution in [0.1, 0.15) is 16.3 Å². The van der Waals surface area contributed by atoms with Gasteiger partial charge in [0.1, 0.15) is 17.1 Å². The first-order chi connectivity index (χ1) is 13.4. The van der Waals surface area contributed by atoms with Crippen LogP contribution in [0.5, 0.6) is 0 Å². The molecule has 0 atom stereocenters. The van der Waals surface area contributed by atoms with E-state index in [-0.39, 0.29) is 16.4 Å². The van der Waals surface area contributed by atoms with Crippen molar-refractivity contribution in [1.82, 2.24) is 0 Å². The molecule has 0 saturated carbocycles. The summed E-state index contributed by atoms with van der Waals surface area (Å²) in [6.07, 6.45) is 2.93. The number of ketones is 1. The molecule has 4 rings (SSSR count). The van der Waals surface area contributed by atoms with Crippen molar-refractivity contribution in [3.8, 4) is 11.3 Å². The second-order valence-corrected chi connectivity index (χ2v) is 7.68. The van der Waals surface area contributed by atoms with Crippen molar-refractivity contribution >= 4 is 32.9 Å². The summed E-state index contributed by atoms with van der Waals surface area (Å²) in [6, 6.07) is 18.6. The minimum atomic E-state index is -3.74. The van der Waals surface area contributed by atoms with Crippen molar-refractivity contribution in [3.05, 3.63) is 84.3 Å². The summed E-state index contributed by atoms with van der Waals surface area (Å²) in [6.45, 7) is 0. The number of sulfonamides is 1. The Bertz CT molecular complexity index is 1260. The summed E-state index contributed by atoms with van der Waals surface area (Å²) in [5, 5.41) is 5.95. The van der Waals surface area contributed by atoms with Crippen LogP contribution in [0.3, 0.4) is 0 Å². The van der Waals surface area contributed by atoms with Gasteiger partial charge in [-0.2, -0.15) is 0 Å². The molecule has 7 heteroatoms. The van der Waals surface area contributed by atoms with Crippen LogP contribution < -0.4 is 5.14 Å². The molecule has 0 aliphatic carbocycles. The van der Waals surface area contributed by atoms with Crippen LogP contribution in [0.25, 0.3) is 28.4 Å². The second-order valence-electron chi connectivity index (χ2n) is 6.12. The average Bonchev–Trinajstić information content (AvgIpc) is 3.32. The first kappa shape index (κ1) is 18.0. The lowest BCUT2D eigenvalue weighted by Gasteiger charge is -2.00. The summed E-state index contributed by atoms with van der Waals surface area (Å²) in [5.74, 6) is 1.00. The topological polar surface area (TPSA) is 104 Å². The molecule has 2 N–H and O–H groups in total. The fourth-order valence-corrected chi connectivity index (χ4v) is 3.27. The molecule has 2 aromatic carbocycles. The molecular weight excluding hydrogens is 378 g/mol. The molecule has 0 bridgehead atoms. The van der Waals surface area contributed by atoms with Crippen LogP contribution >= 0.6 is 0 Å². The van der Waals surface area contributed by atoms with Crippen molar-refractivity contribution in [1.29, 1.82) is 0 Å². The molecular formula is C21H15NO5S. The van der Waals surface area contributed by atoms with Gasteiger partial charge in [0.05, 0.1) is 4.90 Å². The molecule has 0 radical (unpaired) electrons.